The van der Waals surface area contributed by atoms with Crippen LogP contribution in [0.25, 0.3) is 0 Å². The Hall–Kier alpha value is -1.48. The van der Waals surface area contributed by atoms with Crippen molar-refractivity contribution in [3.63, 3.8) is 0 Å². The molecule has 0 aromatic heterocycles. The minimum Gasteiger partial charge on any atom is -0.464 e. The van der Waals surface area contributed by atoms with Crippen LogP contribution in [0.5, 0.6) is 0 Å². The average Bonchev–Trinajstić information content (AvgIpc) is 2.47. The third kappa shape index (κ3) is 5.66. The van der Waals surface area contributed by atoms with Crippen molar-refractivity contribution in [3.8, 4) is 11.5 Å². The Labute approximate surface area is 122 Å². The SMILES string of the molecule is CCOC(=O)C(C#C[Si](CC)(CC)CC)NC(=O)OC. The van der Waals surface area contributed by atoms with Crippen molar-refractivity contribution in [2.24, 2.45) is 0 Å². The highest BCUT2D eigenvalue weighted by atomic mass is 28.3. The molecule has 6 heteroatoms. The van der Waals surface area contributed by atoms with E-state index in [1.165, 1.54) is 7.11 Å². The quantitative estimate of drug-likeness (QED) is 0.464. The van der Waals surface area contributed by atoms with Crippen molar-refractivity contribution in [2.45, 2.75) is 51.9 Å². The number of amides is 1. The molecule has 0 aliphatic carbocycles. The lowest BCUT2D eigenvalue weighted by atomic mass is 10.3. The van der Waals surface area contributed by atoms with E-state index in [0.717, 1.165) is 18.1 Å². The molecule has 0 saturated heterocycles. The molecule has 1 amide bonds. The van der Waals surface area contributed by atoms with Gasteiger partial charge in [-0.05, 0) is 25.1 Å². The van der Waals surface area contributed by atoms with Crippen molar-refractivity contribution in [1.29, 1.82) is 0 Å². The van der Waals surface area contributed by atoms with E-state index in [-0.39, 0.29) is 6.61 Å². The number of hydrogen-bond acceptors (Lipinski definition) is 4. The molecule has 0 aromatic carbocycles. The minimum absolute atomic E-state index is 0.248. The normalized spacial score (nSPS) is 11.8. The summed E-state index contributed by atoms with van der Waals surface area (Å²) in [5, 5.41) is 2.41. The summed E-state index contributed by atoms with van der Waals surface area (Å²) < 4.78 is 9.42. The van der Waals surface area contributed by atoms with Crippen LogP contribution in [0, 0.1) is 11.5 Å². The standard InChI is InChI=1S/C14H25NO4Si/c1-6-19-13(16)12(15-14(17)18-5)10-11-20(7-2,8-3)9-4/h12H,6-9H2,1-5H3,(H,15,17). The highest BCUT2D eigenvalue weighted by Crippen LogP contribution is 2.18. The van der Waals surface area contributed by atoms with E-state index in [1.54, 1.807) is 6.92 Å². The van der Waals surface area contributed by atoms with Gasteiger partial charge in [-0.2, -0.15) is 0 Å². The second-order valence-corrected chi connectivity index (χ2v) is 9.36. The fourth-order valence-electron chi connectivity index (χ4n) is 1.80. The number of carbonyl (C=O) groups excluding carboxylic acids is 2. The molecule has 0 aromatic rings. The van der Waals surface area contributed by atoms with Gasteiger partial charge in [0.05, 0.1) is 13.7 Å². The zero-order valence-corrected chi connectivity index (χ0v) is 14.0. The molecule has 0 rings (SSSR count). The van der Waals surface area contributed by atoms with E-state index in [9.17, 15) is 9.59 Å². The van der Waals surface area contributed by atoms with Crippen LogP contribution >= 0.6 is 0 Å². The van der Waals surface area contributed by atoms with E-state index in [4.69, 9.17) is 4.74 Å². The second kappa shape index (κ2) is 9.43. The van der Waals surface area contributed by atoms with Crippen molar-refractivity contribution >= 4 is 20.1 Å². The van der Waals surface area contributed by atoms with Crippen LogP contribution in [0.4, 0.5) is 4.79 Å². The Morgan fingerprint density at radius 2 is 1.70 bits per heavy atom. The fourth-order valence-corrected chi connectivity index (χ4v) is 4.28. The predicted molar refractivity (Wildman–Crippen MR) is 80.9 cm³/mol. The molecule has 1 unspecified atom stereocenters. The number of methoxy groups -OCH3 is 1. The smallest absolute Gasteiger partial charge is 0.408 e. The molecule has 0 fully saturated rings. The highest BCUT2D eigenvalue weighted by Gasteiger charge is 2.26. The van der Waals surface area contributed by atoms with Gasteiger partial charge >= 0.3 is 12.1 Å². The van der Waals surface area contributed by atoms with Gasteiger partial charge in [-0.1, -0.05) is 26.7 Å². The zero-order chi connectivity index (χ0) is 15.6. The van der Waals surface area contributed by atoms with Gasteiger partial charge in [-0.3, -0.25) is 5.32 Å². The number of carbonyl (C=O) groups is 2. The number of rotatable bonds is 6. The molecule has 0 saturated carbocycles. The van der Waals surface area contributed by atoms with E-state index in [0.29, 0.717) is 0 Å². The van der Waals surface area contributed by atoms with Gasteiger partial charge in [0.25, 0.3) is 0 Å². The lowest BCUT2D eigenvalue weighted by Crippen LogP contribution is -2.41. The van der Waals surface area contributed by atoms with Gasteiger partial charge in [0, 0.05) is 0 Å². The maximum atomic E-state index is 11.8. The summed E-state index contributed by atoms with van der Waals surface area (Å²) >= 11 is 0. The molecule has 0 bridgehead atoms. The fraction of sp³-hybridized carbons (Fsp3) is 0.714. The predicted octanol–water partition coefficient (Wildman–Crippen LogP) is 2.33. The van der Waals surface area contributed by atoms with Gasteiger partial charge in [0.1, 0.15) is 8.07 Å². The maximum absolute atomic E-state index is 11.8. The van der Waals surface area contributed by atoms with Crippen LogP contribution < -0.4 is 5.32 Å². The van der Waals surface area contributed by atoms with E-state index in [1.807, 2.05) is 0 Å². The number of esters is 1. The van der Waals surface area contributed by atoms with Gasteiger partial charge in [-0.25, -0.2) is 9.59 Å². The summed E-state index contributed by atoms with van der Waals surface area (Å²) in [7, 11) is -0.427. The van der Waals surface area contributed by atoms with Crippen LogP contribution in [0.2, 0.25) is 18.1 Å². The highest BCUT2D eigenvalue weighted by molar-refractivity contribution is 6.87. The molecule has 0 heterocycles. The second-order valence-electron chi connectivity index (χ2n) is 4.43. The first kappa shape index (κ1) is 18.5. The topological polar surface area (TPSA) is 64.6 Å². The lowest BCUT2D eigenvalue weighted by Gasteiger charge is -2.20. The van der Waals surface area contributed by atoms with Crippen molar-refractivity contribution in [3.05, 3.63) is 0 Å². The van der Waals surface area contributed by atoms with Crippen molar-refractivity contribution in [1.82, 2.24) is 5.32 Å². The van der Waals surface area contributed by atoms with E-state index >= 15 is 0 Å². The average molecular weight is 299 g/mol. The summed E-state index contributed by atoms with van der Waals surface area (Å²) in [6.45, 7) is 8.34. The molecule has 0 radical (unpaired) electrons. The monoisotopic (exact) mass is 299 g/mol. The minimum atomic E-state index is -1.67. The molecular formula is C14H25NO4Si. The first-order chi connectivity index (χ1) is 9.48. The van der Waals surface area contributed by atoms with E-state index < -0.39 is 26.2 Å². The molecule has 20 heavy (non-hydrogen) atoms. The summed E-state index contributed by atoms with van der Waals surface area (Å²) in [4.78, 5) is 23.1. The van der Waals surface area contributed by atoms with Crippen LogP contribution in [-0.4, -0.2) is 39.9 Å². The molecule has 0 spiro atoms. The maximum Gasteiger partial charge on any atom is 0.408 e. The zero-order valence-electron chi connectivity index (χ0n) is 13.0. The van der Waals surface area contributed by atoms with Crippen LogP contribution in [0.1, 0.15) is 27.7 Å². The van der Waals surface area contributed by atoms with Crippen LogP contribution in [0.3, 0.4) is 0 Å². The molecule has 5 nitrogen and oxygen atoms in total. The van der Waals surface area contributed by atoms with Gasteiger partial charge in [0.15, 0.2) is 6.04 Å². The van der Waals surface area contributed by atoms with Crippen LogP contribution in [0.15, 0.2) is 0 Å². The summed E-state index contributed by atoms with van der Waals surface area (Å²) in [5.41, 5.74) is 3.27. The molecular weight excluding hydrogens is 274 g/mol. The Balaban J connectivity index is 5.15. The van der Waals surface area contributed by atoms with Crippen LogP contribution in [-0.2, 0) is 14.3 Å². The van der Waals surface area contributed by atoms with E-state index in [2.05, 4.69) is 42.3 Å². The number of hydrogen-bond donors (Lipinski definition) is 1. The Kier molecular flexibility index (Phi) is 8.73. The molecule has 114 valence electrons. The Bertz CT molecular complexity index is 374. The summed E-state index contributed by atoms with van der Waals surface area (Å²) in [6, 6.07) is 2.13. The lowest BCUT2D eigenvalue weighted by molar-refractivity contribution is -0.143. The van der Waals surface area contributed by atoms with Crippen molar-refractivity contribution < 1.29 is 19.1 Å². The number of nitrogens with one attached hydrogen (secondary N) is 1. The van der Waals surface area contributed by atoms with Gasteiger partial charge in [0.2, 0.25) is 0 Å². The molecule has 0 aliphatic heterocycles. The van der Waals surface area contributed by atoms with Crippen molar-refractivity contribution in [2.75, 3.05) is 13.7 Å². The molecule has 1 atom stereocenters. The number of alkyl carbamates (subject to hydrolysis) is 1. The molecule has 1 N–H and O–H groups in total. The van der Waals surface area contributed by atoms with Gasteiger partial charge < -0.3 is 9.47 Å². The number of ether oxygens (including phenoxy) is 2. The first-order valence-corrected chi connectivity index (χ1v) is 9.64. The third-order valence-corrected chi connectivity index (χ3v) is 8.22. The summed E-state index contributed by atoms with van der Waals surface area (Å²) in [5.74, 6) is 2.34. The third-order valence-electron chi connectivity index (χ3n) is 3.48. The molecule has 0 aliphatic rings. The Morgan fingerprint density at radius 1 is 1.15 bits per heavy atom. The summed E-state index contributed by atoms with van der Waals surface area (Å²) in [6.07, 6.45) is -0.686. The Morgan fingerprint density at radius 3 is 2.10 bits per heavy atom. The van der Waals surface area contributed by atoms with Gasteiger partial charge in [-0.15, -0.1) is 5.54 Å². The largest absolute Gasteiger partial charge is 0.464 e. The first-order valence-electron chi connectivity index (χ1n) is 7.02.